The van der Waals surface area contributed by atoms with E-state index in [1.54, 1.807) is 0 Å². The molecule has 1 aromatic rings. The van der Waals surface area contributed by atoms with E-state index in [0.29, 0.717) is 5.75 Å². The molecular weight excluding hydrogens is 220 g/mol. The summed E-state index contributed by atoms with van der Waals surface area (Å²) in [6.07, 6.45) is 7.84. The highest BCUT2D eigenvalue weighted by molar-refractivity contribution is 5.43. The summed E-state index contributed by atoms with van der Waals surface area (Å²) in [4.78, 5) is 0. The van der Waals surface area contributed by atoms with Crippen molar-refractivity contribution in [2.45, 2.75) is 64.7 Å². The van der Waals surface area contributed by atoms with Crippen LogP contribution in [0.3, 0.4) is 0 Å². The first-order chi connectivity index (χ1) is 8.48. The average molecular weight is 246 g/mol. The van der Waals surface area contributed by atoms with E-state index >= 15 is 0 Å². The Hall–Kier alpha value is -0.980. The van der Waals surface area contributed by atoms with Crippen molar-refractivity contribution in [3.8, 4) is 5.75 Å². The van der Waals surface area contributed by atoms with Crippen LogP contribution in [-0.4, -0.2) is 5.11 Å². The molecule has 100 valence electrons. The van der Waals surface area contributed by atoms with Gasteiger partial charge in [-0.25, -0.2) is 0 Å². The molecule has 1 N–H and O–H groups in total. The van der Waals surface area contributed by atoms with Gasteiger partial charge in [-0.2, -0.15) is 0 Å². The van der Waals surface area contributed by atoms with Crippen molar-refractivity contribution in [2.75, 3.05) is 0 Å². The third-order valence-electron chi connectivity index (χ3n) is 4.18. The second-order valence-corrected chi connectivity index (χ2v) is 6.76. The molecule has 0 bridgehead atoms. The predicted octanol–water partition coefficient (Wildman–Crippen LogP) is 4.81. The zero-order chi connectivity index (χ0) is 13.2. The van der Waals surface area contributed by atoms with Gasteiger partial charge in [-0.15, -0.1) is 0 Å². The second-order valence-electron chi connectivity index (χ2n) is 6.76. The maximum Gasteiger partial charge on any atom is 0.119 e. The topological polar surface area (TPSA) is 20.2 Å². The minimum absolute atomic E-state index is 0.114. The van der Waals surface area contributed by atoms with E-state index in [1.165, 1.54) is 43.2 Å². The number of benzene rings is 1. The van der Waals surface area contributed by atoms with E-state index in [1.807, 2.05) is 12.1 Å². The maximum absolute atomic E-state index is 10.2. The molecule has 18 heavy (non-hydrogen) atoms. The normalized spacial score (nSPS) is 17.9. The molecule has 1 heteroatoms. The first kappa shape index (κ1) is 13.5. The first-order valence-corrected chi connectivity index (χ1v) is 7.30. The molecule has 0 heterocycles. The lowest BCUT2D eigenvalue weighted by molar-refractivity contribution is 0.349. The van der Waals surface area contributed by atoms with Crippen LogP contribution in [0, 0.1) is 5.92 Å². The summed E-state index contributed by atoms with van der Waals surface area (Å²) in [7, 11) is 0. The van der Waals surface area contributed by atoms with E-state index in [0.717, 1.165) is 12.3 Å². The Labute approximate surface area is 111 Å². The van der Waals surface area contributed by atoms with Gasteiger partial charge in [0.1, 0.15) is 5.75 Å². The van der Waals surface area contributed by atoms with Crippen molar-refractivity contribution in [2.24, 2.45) is 5.92 Å². The molecule has 0 aliphatic heterocycles. The molecular formula is C17H26O. The Morgan fingerprint density at radius 1 is 1.11 bits per heavy atom. The van der Waals surface area contributed by atoms with Crippen LogP contribution in [0.25, 0.3) is 0 Å². The van der Waals surface area contributed by atoms with Gasteiger partial charge in [0.05, 0.1) is 0 Å². The lowest BCUT2D eigenvalue weighted by atomic mass is 9.78. The largest absolute Gasteiger partial charge is 0.508 e. The van der Waals surface area contributed by atoms with Gasteiger partial charge in [-0.1, -0.05) is 65.0 Å². The molecule has 1 aliphatic rings. The number of hydrogen-bond acceptors (Lipinski definition) is 1. The molecule has 0 atom stereocenters. The fourth-order valence-electron chi connectivity index (χ4n) is 3.17. The summed E-state index contributed by atoms with van der Waals surface area (Å²) in [5, 5.41) is 10.2. The van der Waals surface area contributed by atoms with Gasteiger partial charge >= 0.3 is 0 Å². The third-order valence-corrected chi connectivity index (χ3v) is 4.18. The second kappa shape index (κ2) is 5.34. The number of hydrogen-bond donors (Lipinski definition) is 1. The number of rotatable bonds is 2. The van der Waals surface area contributed by atoms with E-state index < -0.39 is 0 Å². The third kappa shape index (κ3) is 3.07. The Morgan fingerprint density at radius 3 is 2.39 bits per heavy atom. The average Bonchev–Trinajstić information content (AvgIpc) is 2.32. The Kier molecular flexibility index (Phi) is 3.99. The number of phenols is 1. The minimum Gasteiger partial charge on any atom is -0.508 e. The summed E-state index contributed by atoms with van der Waals surface area (Å²) in [6, 6.07) is 5.99. The van der Waals surface area contributed by atoms with Crippen molar-refractivity contribution < 1.29 is 5.11 Å². The first-order valence-electron chi connectivity index (χ1n) is 7.30. The molecule has 0 aromatic heterocycles. The molecule has 0 unspecified atom stereocenters. The van der Waals surface area contributed by atoms with Crippen LogP contribution in [0.15, 0.2) is 18.2 Å². The number of aromatic hydroxyl groups is 1. The summed E-state index contributed by atoms with van der Waals surface area (Å²) in [5.74, 6) is 1.26. The van der Waals surface area contributed by atoms with Gasteiger partial charge in [0.15, 0.2) is 0 Å². The van der Waals surface area contributed by atoms with Crippen molar-refractivity contribution in [1.29, 1.82) is 0 Å². The number of phenolic OH excluding ortho intramolecular Hbond substituents is 1. The van der Waals surface area contributed by atoms with Crippen LogP contribution in [0.5, 0.6) is 5.75 Å². The van der Waals surface area contributed by atoms with Crippen LogP contribution in [0.4, 0.5) is 0 Å². The molecule has 1 fully saturated rings. The van der Waals surface area contributed by atoms with Gasteiger partial charge in [-0.05, 0) is 34.9 Å². The highest BCUT2D eigenvalue weighted by Crippen LogP contribution is 2.35. The van der Waals surface area contributed by atoms with Crippen LogP contribution >= 0.6 is 0 Å². The Morgan fingerprint density at radius 2 is 1.78 bits per heavy atom. The monoisotopic (exact) mass is 246 g/mol. The fourth-order valence-corrected chi connectivity index (χ4v) is 3.17. The standard InChI is InChI=1S/C17H26O/c1-17(2,3)15-10-7-11-16(18)14(15)12-13-8-5-4-6-9-13/h7,10-11,13,18H,4-6,8-9,12H2,1-3H3. The van der Waals surface area contributed by atoms with Gasteiger partial charge in [0, 0.05) is 0 Å². The van der Waals surface area contributed by atoms with Crippen LogP contribution in [-0.2, 0) is 11.8 Å². The Bertz CT molecular complexity index is 395. The molecule has 0 radical (unpaired) electrons. The van der Waals surface area contributed by atoms with Gasteiger partial charge < -0.3 is 5.11 Å². The summed E-state index contributed by atoms with van der Waals surface area (Å²) in [6.45, 7) is 6.68. The zero-order valence-electron chi connectivity index (χ0n) is 12.0. The smallest absolute Gasteiger partial charge is 0.119 e. The van der Waals surface area contributed by atoms with Gasteiger partial charge in [0.25, 0.3) is 0 Å². The van der Waals surface area contributed by atoms with Crippen LogP contribution in [0.1, 0.15) is 64.0 Å². The lowest BCUT2D eigenvalue weighted by Gasteiger charge is -2.27. The maximum atomic E-state index is 10.2. The Balaban J connectivity index is 2.25. The molecule has 1 aliphatic carbocycles. The van der Waals surface area contributed by atoms with Crippen LogP contribution in [0.2, 0.25) is 0 Å². The molecule has 2 rings (SSSR count). The fraction of sp³-hybridized carbons (Fsp3) is 0.647. The SMILES string of the molecule is CC(C)(C)c1cccc(O)c1CC1CCCCC1. The summed E-state index contributed by atoms with van der Waals surface area (Å²) in [5.41, 5.74) is 2.62. The zero-order valence-corrected chi connectivity index (χ0v) is 12.0. The lowest BCUT2D eigenvalue weighted by Crippen LogP contribution is -2.17. The summed E-state index contributed by atoms with van der Waals surface area (Å²) >= 11 is 0. The molecule has 1 aromatic carbocycles. The molecule has 0 spiro atoms. The highest BCUT2D eigenvalue weighted by atomic mass is 16.3. The predicted molar refractivity (Wildman–Crippen MR) is 77.1 cm³/mol. The van der Waals surface area contributed by atoms with E-state index in [-0.39, 0.29) is 5.41 Å². The molecule has 1 nitrogen and oxygen atoms in total. The molecule has 1 saturated carbocycles. The molecule has 0 saturated heterocycles. The van der Waals surface area contributed by atoms with Gasteiger partial charge in [-0.3, -0.25) is 0 Å². The van der Waals surface area contributed by atoms with Gasteiger partial charge in [0.2, 0.25) is 0 Å². The van der Waals surface area contributed by atoms with E-state index in [9.17, 15) is 5.11 Å². The van der Waals surface area contributed by atoms with Crippen molar-refractivity contribution in [1.82, 2.24) is 0 Å². The van der Waals surface area contributed by atoms with Crippen molar-refractivity contribution in [3.63, 3.8) is 0 Å². The van der Waals surface area contributed by atoms with Crippen molar-refractivity contribution >= 4 is 0 Å². The quantitative estimate of drug-likeness (QED) is 0.793. The van der Waals surface area contributed by atoms with E-state index in [4.69, 9.17) is 0 Å². The van der Waals surface area contributed by atoms with Crippen LogP contribution < -0.4 is 0 Å². The minimum atomic E-state index is 0.114. The highest BCUT2D eigenvalue weighted by Gasteiger charge is 2.23. The molecule has 0 amide bonds. The summed E-state index contributed by atoms with van der Waals surface area (Å²) < 4.78 is 0. The van der Waals surface area contributed by atoms with E-state index in [2.05, 4.69) is 26.8 Å². The van der Waals surface area contributed by atoms with Crippen molar-refractivity contribution in [3.05, 3.63) is 29.3 Å².